The summed E-state index contributed by atoms with van der Waals surface area (Å²) in [5.41, 5.74) is -0.295. The quantitative estimate of drug-likeness (QED) is 0.309. The number of halogens is 1. The Kier molecular flexibility index (Phi) is 10.5. The number of hydrogen-bond acceptors (Lipinski definition) is 9. The molecule has 5 bridgehead atoms. The molecule has 4 aliphatic heterocycles. The molecule has 0 radical (unpaired) electrons. The first-order valence-electron chi connectivity index (χ1n) is 16.4. The van der Waals surface area contributed by atoms with Gasteiger partial charge in [-0.05, 0) is 48.7 Å². The van der Waals surface area contributed by atoms with Crippen LogP contribution in [0.1, 0.15) is 30.9 Å². The average Bonchev–Trinajstić information content (AvgIpc) is 3.70. The van der Waals surface area contributed by atoms with Gasteiger partial charge in [-0.2, -0.15) is 0 Å². The number of methoxy groups -OCH3 is 2. The van der Waals surface area contributed by atoms with Crippen LogP contribution in [-0.4, -0.2) is 98.0 Å². The standard InChI is InChI=1S/C36H40BrN3O9/c1-46-21-26-30(22-10-5-3-6-11-22)48-35(45)28-29-33(43)40(18-9-19-41)32(36(29)20-25(37)31(28)49-36)34(44)39(17-8-4-7-12-27(42)38-26)23-13-15-24(47-2)16-14-23/h3-6,8,10-11,13-16,20,26,28-32,41H,7,9,12,17-19,21H2,1-2H3,(H,38,42)/b8-4-/t26-,28+,29-,30-,31+,32+,36-/m1/s1. The van der Waals surface area contributed by atoms with Crippen molar-refractivity contribution in [2.75, 3.05) is 45.4 Å². The Morgan fingerprint density at radius 3 is 2.45 bits per heavy atom. The summed E-state index contributed by atoms with van der Waals surface area (Å²) in [6, 6.07) is 14.1. The maximum Gasteiger partial charge on any atom is 0.313 e. The van der Waals surface area contributed by atoms with Crippen LogP contribution in [0.3, 0.4) is 0 Å². The fourth-order valence-corrected chi connectivity index (χ4v) is 8.12. The molecule has 4 heterocycles. The van der Waals surface area contributed by atoms with E-state index in [0.29, 0.717) is 27.9 Å². The number of allylic oxidation sites excluding steroid dienone is 1. The Labute approximate surface area is 293 Å². The van der Waals surface area contributed by atoms with Gasteiger partial charge in [0, 0.05) is 43.4 Å². The molecule has 1 spiro atoms. The van der Waals surface area contributed by atoms with Gasteiger partial charge >= 0.3 is 5.97 Å². The third kappa shape index (κ3) is 6.52. The molecule has 0 aliphatic carbocycles. The van der Waals surface area contributed by atoms with Crippen LogP contribution in [0.5, 0.6) is 5.75 Å². The van der Waals surface area contributed by atoms with Crippen molar-refractivity contribution in [2.45, 2.75) is 49.2 Å². The van der Waals surface area contributed by atoms with E-state index in [-0.39, 0.29) is 45.1 Å². The highest BCUT2D eigenvalue weighted by Gasteiger charge is 2.75. The fraction of sp³-hybridized carbons (Fsp3) is 0.444. The van der Waals surface area contributed by atoms with E-state index in [9.17, 15) is 24.3 Å². The number of aliphatic hydroxyl groups is 1. The molecule has 4 aliphatic rings. The number of esters is 1. The zero-order valence-corrected chi connectivity index (χ0v) is 28.9. The molecule has 0 unspecified atom stereocenters. The maximum absolute atomic E-state index is 14.9. The Hall–Kier alpha value is -4.04. The van der Waals surface area contributed by atoms with Crippen LogP contribution < -0.4 is 15.0 Å². The van der Waals surface area contributed by atoms with Crippen LogP contribution in [0.25, 0.3) is 0 Å². The van der Waals surface area contributed by atoms with Crippen LogP contribution >= 0.6 is 15.9 Å². The summed E-state index contributed by atoms with van der Waals surface area (Å²) in [5, 5.41) is 12.8. The molecule has 260 valence electrons. The van der Waals surface area contributed by atoms with Crippen molar-refractivity contribution in [3.8, 4) is 5.75 Å². The number of cyclic esters (lactones) is 1. The third-order valence-corrected chi connectivity index (χ3v) is 10.2. The second-order valence-electron chi connectivity index (χ2n) is 12.5. The number of carbonyl (C=O) groups is 4. The van der Waals surface area contributed by atoms with E-state index in [4.69, 9.17) is 18.9 Å². The van der Waals surface area contributed by atoms with Crippen molar-refractivity contribution in [2.24, 2.45) is 11.8 Å². The molecule has 3 amide bonds. The molecule has 2 N–H and O–H groups in total. The number of likely N-dealkylation sites (tertiary alicyclic amines) is 1. The molecule has 6 rings (SSSR count). The van der Waals surface area contributed by atoms with Crippen molar-refractivity contribution in [3.05, 3.63) is 82.9 Å². The minimum Gasteiger partial charge on any atom is -0.497 e. The van der Waals surface area contributed by atoms with Gasteiger partial charge in [0.05, 0.1) is 25.7 Å². The van der Waals surface area contributed by atoms with Gasteiger partial charge in [0.25, 0.3) is 5.91 Å². The molecule has 2 fully saturated rings. The average molecular weight is 739 g/mol. The number of amides is 3. The highest BCUT2D eigenvalue weighted by molar-refractivity contribution is 9.11. The molecule has 0 saturated carbocycles. The molecule has 13 heteroatoms. The molecule has 2 saturated heterocycles. The minimum atomic E-state index is -1.48. The van der Waals surface area contributed by atoms with Gasteiger partial charge < -0.3 is 39.2 Å². The first-order chi connectivity index (χ1) is 23.7. The number of nitrogens with one attached hydrogen (secondary N) is 1. The summed E-state index contributed by atoms with van der Waals surface area (Å²) in [5.74, 6) is -3.39. The Morgan fingerprint density at radius 1 is 1.00 bits per heavy atom. The number of hydrogen-bond donors (Lipinski definition) is 2. The van der Waals surface area contributed by atoms with Crippen molar-refractivity contribution >= 4 is 45.3 Å². The van der Waals surface area contributed by atoms with E-state index in [0.717, 1.165) is 0 Å². The topological polar surface area (TPSA) is 144 Å². The lowest BCUT2D eigenvalue weighted by atomic mass is 9.74. The highest BCUT2D eigenvalue weighted by Crippen LogP contribution is 2.59. The van der Waals surface area contributed by atoms with Gasteiger partial charge in [-0.1, -0.05) is 58.4 Å². The lowest BCUT2D eigenvalue weighted by molar-refractivity contribution is -0.162. The molecule has 2 aromatic carbocycles. The number of ether oxygens (including phenoxy) is 4. The molecule has 2 aromatic rings. The van der Waals surface area contributed by atoms with Crippen molar-refractivity contribution in [1.29, 1.82) is 0 Å². The van der Waals surface area contributed by atoms with E-state index >= 15 is 0 Å². The van der Waals surface area contributed by atoms with E-state index in [1.54, 1.807) is 66.6 Å². The van der Waals surface area contributed by atoms with Crippen LogP contribution in [-0.2, 0) is 33.4 Å². The summed E-state index contributed by atoms with van der Waals surface area (Å²) in [6.07, 6.45) is 4.30. The number of fused-ring (bicyclic) bond motifs is 2. The monoisotopic (exact) mass is 737 g/mol. The summed E-state index contributed by atoms with van der Waals surface area (Å²) >= 11 is 3.58. The van der Waals surface area contributed by atoms with Gasteiger partial charge in [0.1, 0.15) is 35.5 Å². The van der Waals surface area contributed by atoms with Gasteiger partial charge in [-0.3, -0.25) is 19.2 Å². The van der Waals surface area contributed by atoms with E-state index < -0.39 is 59.5 Å². The largest absolute Gasteiger partial charge is 0.497 e. The van der Waals surface area contributed by atoms with Crippen LogP contribution in [0.2, 0.25) is 0 Å². The van der Waals surface area contributed by atoms with Gasteiger partial charge in [-0.15, -0.1) is 0 Å². The van der Waals surface area contributed by atoms with Crippen molar-refractivity contribution in [1.82, 2.24) is 10.2 Å². The predicted molar refractivity (Wildman–Crippen MR) is 182 cm³/mol. The first kappa shape index (κ1) is 34.8. The Morgan fingerprint density at radius 2 is 1.76 bits per heavy atom. The highest BCUT2D eigenvalue weighted by atomic mass is 79.9. The van der Waals surface area contributed by atoms with E-state index in [2.05, 4.69) is 21.2 Å². The van der Waals surface area contributed by atoms with E-state index in [1.807, 2.05) is 18.2 Å². The number of benzene rings is 2. The number of aliphatic hydroxyl groups excluding tert-OH is 1. The fourth-order valence-electron chi connectivity index (χ4n) is 7.38. The second-order valence-corrected chi connectivity index (χ2v) is 13.4. The first-order valence-corrected chi connectivity index (χ1v) is 17.1. The summed E-state index contributed by atoms with van der Waals surface area (Å²) < 4.78 is 24.2. The zero-order valence-electron chi connectivity index (χ0n) is 27.3. The lowest BCUT2D eigenvalue weighted by Crippen LogP contribution is -2.56. The SMILES string of the molecule is COC[C@H]1NC(=O)CC/C=C\CN(c2ccc(OC)cc2)C(=O)[C@@H]2N(CCCO)C(=O)[C@H]3[C@H](C(=O)O[C@@H]1c1ccccc1)[C@H]1O[C@@]23C=C1Br. The predicted octanol–water partition coefficient (Wildman–Crippen LogP) is 3.05. The number of carbonyl (C=O) groups excluding carboxylic acids is 4. The number of nitrogens with zero attached hydrogens (tertiary/aromatic N) is 2. The van der Waals surface area contributed by atoms with Gasteiger partial charge in [-0.25, -0.2) is 0 Å². The lowest BCUT2D eigenvalue weighted by Gasteiger charge is -2.36. The minimum absolute atomic E-state index is 0.0528. The molecule has 49 heavy (non-hydrogen) atoms. The number of rotatable bonds is 8. The molecule has 7 atom stereocenters. The molecular formula is C36H40BrN3O9. The summed E-state index contributed by atoms with van der Waals surface area (Å²) in [7, 11) is 3.05. The summed E-state index contributed by atoms with van der Waals surface area (Å²) in [4.78, 5) is 59.9. The molecular weight excluding hydrogens is 698 g/mol. The Bertz CT molecular complexity index is 1620. The summed E-state index contributed by atoms with van der Waals surface area (Å²) in [6.45, 7) is 0.0602. The normalized spacial score (nSPS) is 30.9. The van der Waals surface area contributed by atoms with Crippen molar-refractivity contribution in [3.63, 3.8) is 0 Å². The van der Waals surface area contributed by atoms with E-state index in [1.165, 1.54) is 12.0 Å². The Balaban J connectivity index is 1.47. The van der Waals surface area contributed by atoms with Crippen molar-refractivity contribution < 1.29 is 43.2 Å². The third-order valence-electron chi connectivity index (χ3n) is 9.56. The molecule has 12 nitrogen and oxygen atoms in total. The molecule has 0 aromatic heterocycles. The second kappa shape index (κ2) is 14.8. The number of anilines is 1. The van der Waals surface area contributed by atoms with Gasteiger partial charge in [0.2, 0.25) is 11.8 Å². The smallest absolute Gasteiger partial charge is 0.313 e. The van der Waals surface area contributed by atoms with Gasteiger partial charge in [0.15, 0.2) is 0 Å². The van der Waals surface area contributed by atoms with Crippen LogP contribution in [0.15, 0.2) is 77.3 Å². The maximum atomic E-state index is 14.9. The zero-order chi connectivity index (χ0) is 34.7. The van der Waals surface area contributed by atoms with Crippen LogP contribution in [0.4, 0.5) is 5.69 Å². The van der Waals surface area contributed by atoms with Crippen LogP contribution in [0, 0.1) is 11.8 Å².